The Hall–Kier alpha value is -1.55. The topological polar surface area (TPSA) is 44.8 Å². The van der Waals surface area contributed by atoms with Crippen LogP contribution in [0.1, 0.15) is 64.4 Å². The van der Waals surface area contributed by atoms with Crippen molar-refractivity contribution in [1.29, 1.82) is 0 Å². The molecule has 0 saturated heterocycles. The van der Waals surface area contributed by atoms with E-state index in [2.05, 4.69) is 6.92 Å². The van der Waals surface area contributed by atoms with Crippen LogP contribution in [-0.2, 0) is 16.0 Å². The molecule has 0 saturated carbocycles. The van der Waals surface area contributed by atoms with Gasteiger partial charge in [0.1, 0.15) is 0 Å². The largest absolute Gasteiger partial charge is 0.493 e. The lowest BCUT2D eigenvalue weighted by atomic mass is 10.1. The van der Waals surface area contributed by atoms with E-state index in [0.29, 0.717) is 11.5 Å². The molecule has 0 amide bonds. The van der Waals surface area contributed by atoms with Crippen molar-refractivity contribution >= 4 is 5.97 Å². The van der Waals surface area contributed by atoms with Crippen molar-refractivity contribution in [3.63, 3.8) is 0 Å². The van der Waals surface area contributed by atoms with Crippen LogP contribution in [0.25, 0.3) is 0 Å². The Morgan fingerprint density at radius 2 is 1.67 bits per heavy atom. The van der Waals surface area contributed by atoms with Crippen molar-refractivity contribution in [2.45, 2.75) is 65.2 Å². The first-order valence-electron chi connectivity index (χ1n) is 9.10. The maximum atomic E-state index is 11.0. The normalized spacial score (nSPS) is 10.6. The van der Waals surface area contributed by atoms with Gasteiger partial charge >= 0.3 is 5.97 Å². The molecule has 0 aliphatic heterocycles. The highest BCUT2D eigenvalue weighted by Gasteiger charge is 2.07. The fraction of sp³-hybridized carbons (Fsp3) is 0.650. The summed E-state index contributed by atoms with van der Waals surface area (Å²) in [5, 5.41) is 0. The number of benzene rings is 1. The summed E-state index contributed by atoms with van der Waals surface area (Å²) in [6, 6.07) is 5.74. The molecule has 1 aromatic carbocycles. The Bertz CT molecular complexity index is 471. The zero-order valence-corrected chi connectivity index (χ0v) is 15.4. The van der Waals surface area contributed by atoms with Gasteiger partial charge in [-0.25, -0.2) is 0 Å². The standard InChI is InChI=1S/C20H32O4/c1-4-5-6-9-14-23-15-10-7-8-11-18-12-13-19(24-17(2)21)20(16-18)22-3/h12-13,16H,4-11,14-15H2,1-3H3. The van der Waals surface area contributed by atoms with Crippen LogP contribution >= 0.6 is 0 Å². The second-order valence-corrected chi connectivity index (χ2v) is 6.06. The highest BCUT2D eigenvalue weighted by Crippen LogP contribution is 2.28. The van der Waals surface area contributed by atoms with Crippen molar-refractivity contribution < 1.29 is 19.0 Å². The van der Waals surface area contributed by atoms with Gasteiger partial charge in [0.15, 0.2) is 11.5 Å². The smallest absolute Gasteiger partial charge is 0.308 e. The number of hydrogen-bond donors (Lipinski definition) is 0. The average Bonchev–Trinajstić information content (AvgIpc) is 2.57. The van der Waals surface area contributed by atoms with E-state index in [1.54, 1.807) is 13.2 Å². The van der Waals surface area contributed by atoms with E-state index in [4.69, 9.17) is 14.2 Å². The van der Waals surface area contributed by atoms with Crippen molar-refractivity contribution in [2.75, 3.05) is 20.3 Å². The van der Waals surface area contributed by atoms with Crippen LogP contribution in [-0.4, -0.2) is 26.3 Å². The molecule has 0 unspecified atom stereocenters. The summed E-state index contributed by atoms with van der Waals surface area (Å²) >= 11 is 0. The fourth-order valence-corrected chi connectivity index (χ4v) is 2.55. The molecule has 0 fully saturated rings. The summed E-state index contributed by atoms with van der Waals surface area (Å²) < 4.78 is 16.1. The fourth-order valence-electron chi connectivity index (χ4n) is 2.55. The minimum atomic E-state index is -0.337. The van der Waals surface area contributed by atoms with Crippen LogP contribution in [0.3, 0.4) is 0 Å². The first-order valence-corrected chi connectivity index (χ1v) is 9.10. The third kappa shape index (κ3) is 8.92. The zero-order valence-electron chi connectivity index (χ0n) is 15.4. The monoisotopic (exact) mass is 336 g/mol. The lowest BCUT2D eigenvalue weighted by Crippen LogP contribution is -2.03. The van der Waals surface area contributed by atoms with Crippen LogP contribution in [0.15, 0.2) is 18.2 Å². The molecule has 0 radical (unpaired) electrons. The molecule has 0 aliphatic carbocycles. The predicted octanol–water partition coefficient (Wildman–Crippen LogP) is 4.93. The quantitative estimate of drug-likeness (QED) is 0.291. The maximum absolute atomic E-state index is 11.0. The number of methoxy groups -OCH3 is 1. The molecule has 0 heterocycles. The summed E-state index contributed by atoms with van der Waals surface area (Å²) in [6.45, 7) is 5.37. The summed E-state index contributed by atoms with van der Waals surface area (Å²) in [5.74, 6) is 0.749. The minimum Gasteiger partial charge on any atom is -0.493 e. The number of rotatable bonds is 13. The van der Waals surface area contributed by atoms with Gasteiger partial charge in [-0.05, 0) is 43.4 Å². The van der Waals surface area contributed by atoms with Gasteiger partial charge in [-0.1, -0.05) is 38.7 Å². The van der Waals surface area contributed by atoms with Gasteiger partial charge in [0.2, 0.25) is 0 Å². The van der Waals surface area contributed by atoms with Crippen LogP contribution in [0.2, 0.25) is 0 Å². The second-order valence-electron chi connectivity index (χ2n) is 6.06. The second kappa shape index (κ2) is 12.8. The Morgan fingerprint density at radius 1 is 0.958 bits per heavy atom. The van der Waals surface area contributed by atoms with E-state index in [1.807, 2.05) is 12.1 Å². The lowest BCUT2D eigenvalue weighted by molar-refractivity contribution is -0.132. The number of carbonyl (C=O) groups excluding carboxylic acids is 1. The maximum Gasteiger partial charge on any atom is 0.308 e. The summed E-state index contributed by atoms with van der Waals surface area (Å²) in [6.07, 6.45) is 9.42. The third-order valence-corrected chi connectivity index (χ3v) is 3.88. The SMILES string of the molecule is CCCCCCOCCCCCc1ccc(OC(C)=O)c(OC)c1. The van der Waals surface area contributed by atoms with E-state index in [-0.39, 0.29) is 5.97 Å². The molecular formula is C20H32O4. The first-order chi connectivity index (χ1) is 11.7. The number of hydrogen-bond acceptors (Lipinski definition) is 4. The van der Waals surface area contributed by atoms with Gasteiger partial charge in [-0.3, -0.25) is 4.79 Å². The van der Waals surface area contributed by atoms with Crippen molar-refractivity contribution in [1.82, 2.24) is 0 Å². The van der Waals surface area contributed by atoms with Crippen LogP contribution in [0.5, 0.6) is 11.5 Å². The van der Waals surface area contributed by atoms with Crippen LogP contribution < -0.4 is 9.47 Å². The molecule has 0 spiro atoms. The molecule has 0 atom stereocenters. The van der Waals surface area contributed by atoms with E-state index >= 15 is 0 Å². The summed E-state index contributed by atoms with van der Waals surface area (Å²) in [7, 11) is 1.59. The van der Waals surface area contributed by atoms with Crippen LogP contribution in [0, 0.1) is 0 Å². The molecule has 1 rings (SSSR count). The highest BCUT2D eigenvalue weighted by molar-refractivity contribution is 5.70. The third-order valence-electron chi connectivity index (χ3n) is 3.88. The Labute approximate surface area is 146 Å². The molecule has 0 aromatic heterocycles. The van der Waals surface area contributed by atoms with Crippen molar-refractivity contribution in [2.24, 2.45) is 0 Å². The zero-order chi connectivity index (χ0) is 17.6. The lowest BCUT2D eigenvalue weighted by Gasteiger charge is -2.10. The molecule has 136 valence electrons. The number of aryl methyl sites for hydroxylation is 1. The van der Waals surface area contributed by atoms with Crippen molar-refractivity contribution in [3.8, 4) is 11.5 Å². The Kier molecular flexibility index (Phi) is 10.9. The van der Waals surface area contributed by atoms with E-state index in [1.165, 1.54) is 38.2 Å². The van der Waals surface area contributed by atoms with Crippen LogP contribution in [0.4, 0.5) is 0 Å². The predicted molar refractivity (Wildman–Crippen MR) is 96.8 cm³/mol. The summed E-state index contributed by atoms with van der Waals surface area (Å²) in [5.41, 5.74) is 1.20. The minimum absolute atomic E-state index is 0.337. The number of carbonyl (C=O) groups is 1. The molecule has 24 heavy (non-hydrogen) atoms. The van der Waals surface area contributed by atoms with Gasteiger partial charge in [-0.2, -0.15) is 0 Å². The molecule has 4 nitrogen and oxygen atoms in total. The molecule has 4 heteroatoms. The van der Waals surface area contributed by atoms with E-state index in [0.717, 1.165) is 38.9 Å². The summed E-state index contributed by atoms with van der Waals surface area (Å²) in [4.78, 5) is 11.0. The Balaban J connectivity index is 2.17. The van der Waals surface area contributed by atoms with Gasteiger partial charge in [0, 0.05) is 20.1 Å². The number of unbranched alkanes of at least 4 members (excludes halogenated alkanes) is 5. The van der Waals surface area contributed by atoms with Crippen molar-refractivity contribution in [3.05, 3.63) is 23.8 Å². The molecule has 0 N–H and O–H groups in total. The molecule has 1 aromatic rings. The number of esters is 1. The molecule has 0 aliphatic rings. The average molecular weight is 336 g/mol. The van der Waals surface area contributed by atoms with Gasteiger partial charge in [0.25, 0.3) is 0 Å². The van der Waals surface area contributed by atoms with Gasteiger partial charge < -0.3 is 14.2 Å². The molecule has 0 bridgehead atoms. The van der Waals surface area contributed by atoms with E-state index in [9.17, 15) is 4.79 Å². The molecular weight excluding hydrogens is 304 g/mol. The Morgan fingerprint density at radius 3 is 2.29 bits per heavy atom. The number of ether oxygens (including phenoxy) is 3. The van der Waals surface area contributed by atoms with Gasteiger partial charge in [0.05, 0.1) is 7.11 Å². The highest BCUT2D eigenvalue weighted by atomic mass is 16.6. The first kappa shape index (κ1) is 20.5. The van der Waals surface area contributed by atoms with Gasteiger partial charge in [-0.15, -0.1) is 0 Å². The van der Waals surface area contributed by atoms with E-state index < -0.39 is 0 Å².